The zero-order valence-corrected chi connectivity index (χ0v) is 11.1. The topological polar surface area (TPSA) is 23.5 Å². The average molecular weight is 254 g/mol. The molecular formula is C14H20ClNO. The van der Waals surface area contributed by atoms with E-state index in [0.29, 0.717) is 16.8 Å². The molecule has 1 aliphatic heterocycles. The van der Waals surface area contributed by atoms with Crippen LogP contribution in [0, 0.1) is 0 Å². The Kier molecular flexibility index (Phi) is 4.30. The van der Waals surface area contributed by atoms with Gasteiger partial charge in [-0.3, -0.25) is 4.90 Å². The predicted molar refractivity (Wildman–Crippen MR) is 71.5 cm³/mol. The highest BCUT2D eigenvalue weighted by Gasteiger charge is 2.21. The van der Waals surface area contributed by atoms with Gasteiger partial charge in [-0.05, 0) is 44.0 Å². The molecule has 1 aliphatic rings. The monoisotopic (exact) mass is 253 g/mol. The van der Waals surface area contributed by atoms with Crippen LogP contribution in [0.1, 0.15) is 38.2 Å². The van der Waals surface area contributed by atoms with Gasteiger partial charge in [0.05, 0.1) is 0 Å². The van der Waals surface area contributed by atoms with E-state index in [4.69, 9.17) is 11.6 Å². The van der Waals surface area contributed by atoms with Crippen molar-refractivity contribution >= 4 is 11.6 Å². The number of hydrogen-bond acceptors (Lipinski definition) is 2. The minimum absolute atomic E-state index is 0.356. The Morgan fingerprint density at radius 3 is 3.00 bits per heavy atom. The molecule has 2 nitrogen and oxygen atoms in total. The van der Waals surface area contributed by atoms with Crippen LogP contribution in [-0.4, -0.2) is 22.6 Å². The molecular weight excluding hydrogens is 234 g/mol. The number of phenols is 1. The first-order chi connectivity index (χ1) is 8.20. The molecule has 17 heavy (non-hydrogen) atoms. The quantitative estimate of drug-likeness (QED) is 0.886. The van der Waals surface area contributed by atoms with Crippen LogP contribution in [0.3, 0.4) is 0 Å². The van der Waals surface area contributed by atoms with Gasteiger partial charge >= 0.3 is 0 Å². The van der Waals surface area contributed by atoms with Crippen LogP contribution in [0.15, 0.2) is 18.2 Å². The highest BCUT2D eigenvalue weighted by Crippen LogP contribution is 2.27. The minimum Gasteiger partial charge on any atom is -0.508 e. The van der Waals surface area contributed by atoms with Crippen molar-refractivity contribution in [3.63, 3.8) is 0 Å². The van der Waals surface area contributed by atoms with Gasteiger partial charge in [-0.25, -0.2) is 0 Å². The Labute approximate surface area is 108 Å². The maximum Gasteiger partial charge on any atom is 0.120 e. The Balaban J connectivity index is 2.10. The van der Waals surface area contributed by atoms with Crippen molar-refractivity contribution in [1.29, 1.82) is 0 Å². The molecule has 0 spiro atoms. The third kappa shape index (κ3) is 3.14. The standard InChI is InChI=1S/C14H20ClNO/c1-2-13-5-3-4-8-16(13)10-11-9-12(15)6-7-14(11)17/h6-7,9,13,17H,2-5,8,10H2,1H3. The van der Waals surface area contributed by atoms with E-state index in [-0.39, 0.29) is 0 Å². The van der Waals surface area contributed by atoms with E-state index in [0.717, 1.165) is 18.7 Å². The molecule has 0 bridgehead atoms. The third-order valence-corrected chi connectivity index (χ3v) is 3.87. The van der Waals surface area contributed by atoms with Gasteiger partial charge in [0.15, 0.2) is 0 Å². The van der Waals surface area contributed by atoms with Crippen LogP contribution in [0.4, 0.5) is 0 Å². The molecule has 0 aromatic heterocycles. The number of benzene rings is 1. The second kappa shape index (κ2) is 5.74. The Bertz CT molecular complexity index is 380. The lowest BCUT2D eigenvalue weighted by Crippen LogP contribution is -2.38. The first-order valence-corrected chi connectivity index (χ1v) is 6.80. The average Bonchev–Trinajstić information content (AvgIpc) is 2.34. The van der Waals surface area contributed by atoms with E-state index >= 15 is 0 Å². The van der Waals surface area contributed by atoms with Crippen LogP contribution in [-0.2, 0) is 6.54 Å². The Morgan fingerprint density at radius 2 is 2.24 bits per heavy atom. The number of rotatable bonds is 3. The summed E-state index contributed by atoms with van der Waals surface area (Å²) in [5, 5.41) is 10.5. The number of nitrogens with zero attached hydrogens (tertiary/aromatic N) is 1. The van der Waals surface area contributed by atoms with E-state index in [1.807, 2.05) is 6.07 Å². The van der Waals surface area contributed by atoms with Gasteiger partial charge in [0, 0.05) is 23.2 Å². The summed E-state index contributed by atoms with van der Waals surface area (Å²) in [4.78, 5) is 2.47. The van der Waals surface area contributed by atoms with Crippen LogP contribution in [0.5, 0.6) is 5.75 Å². The van der Waals surface area contributed by atoms with Crippen molar-refractivity contribution < 1.29 is 5.11 Å². The van der Waals surface area contributed by atoms with Crippen LogP contribution < -0.4 is 0 Å². The first kappa shape index (κ1) is 12.7. The summed E-state index contributed by atoms with van der Waals surface area (Å²) in [5.74, 6) is 0.356. The molecule has 1 N–H and O–H groups in total. The van der Waals surface area contributed by atoms with Gasteiger partial charge in [-0.15, -0.1) is 0 Å². The van der Waals surface area contributed by atoms with Gasteiger partial charge in [-0.1, -0.05) is 24.9 Å². The molecule has 1 saturated heterocycles. The third-order valence-electron chi connectivity index (χ3n) is 3.64. The predicted octanol–water partition coefficient (Wildman–Crippen LogP) is 3.81. The molecule has 1 heterocycles. The summed E-state index contributed by atoms with van der Waals surface area (Å²) in [7, 11) is 0. The van der Waals surface area contributed by atoms with E-state index in [1.165, 1.54) is 25.7 Å². The zero-order chi connectivity index (χ0) is 12.3. The van der Waals surface area contributed by atoms with Crippen molar-refractivity contribution in [2.24, 2.45) is 0 Å². The van der Waals surface area contributed by atoms with E-state index in [9.17, 15) is 5.11 Å². The maximum absolute atomic E-state index is 9.84. The van der Waals surface area contributed by atoms with Crippen LogP contribution in [0.2, 0.25) is 5.02 Å². The molecule has 0 aliphatic carbocycles. The number of halogens is 1. The van der Waals surface area contributed by atoms with Crippen molar-refractivity contribution in [3.8, 4) is 5.75 Å². The SMILES string of the molecule is CCC1CCCCN1Cc1cc(Cl)ccc1O. The highest BCUT2D eigenvalue weighted by atomic mass is 35.5. The maximum atomic E-state index is 9.84. The Hall–Kier alpha value is -0.730. The molecule has 0 amide bonds. The summed E-state index contributed by atoms with van der Waals surface area (Å²) in [6, 6.07) is 5.94. The number of likely N-dealkylation sites (tertiary alicyclic amines) is 1. The lowest BCUT2D eigenvalue weighted by Gasteiger charge is -2.35. The number of hydrogen-bond donors (Lipinski definition) is 1. The summed E-state index contributed by atoms with van der Waals surface area (Å²) in [5.41, 5.74) is 0.942. The lowest BCUT2D eigenvalue weighted by atomic mass is 9.99. The van der Waals surface area contributed by atoms with Gasteiger partial charge in [0.25, 0.3) is 0 Å². The van der Waals surface area contributed by atoms with Gasteiger partial charge in [0.2, 0.25) is 0 Å². The molecule has 1 fully saturated rings. The van der Waals surface area contributed by atoms with E-state index in [2.05, 4.69) is 11.8 Å². The van der Waals surface area contributed by atoms with Crippen LogP contribution in [0.25, 0.3) is 0 Å². The molecule has 1 atom stereocenters. The fourth-order valence-electron chi connectivity index (χ4n) is 2.63. The summed E-state index contributed by atoms with van der Waals surface area (Å²) in [6.45, 7) is 4.18. The summed E-state index contributed by atoms with van der Waals surface area (Å²) >= 11 is 5.98. The first-order valence-electron chi connectivity index (χ1n) is 6.42. The molecule has 0 saturated carbocycles. The summed E-state index contributed by atoms with van der Waals surface area (Å²) < 4.78 is 0. The second-order valence-electron chi connectivity index (χ2n) is 4.80. The molecule has 94 valence electrons. The molecule has 0 radical (unpaired) electrons. The van der Waals surface area contributed by atoms with Gasteiger partial charge in [-0.2, -0.15) is 0 Å². The van der Waals surface area contributed by atoms with Crippen LogP contribution >= 0.6 is 11.6 Å². The fourth-order valence-corrected chi connectivity index (χ4v) is 2.82. The van der Waals surface area contributed by atoms with Crippen molar-refractivity contribution in [3.05, 3.63) is 28.8 Å². The van der Waals surface area contributed by atoms with E-state index < -0.39 is 0 Å². The van der Waals surface area contributed by atoms with E-state index in [1.54, 1.807) is 12.1 Å². The molecule has 2 rings (SSSR count). The number of aromatic hydroxyl groups is 1. The molecule has 1 unspecified atom stereocenters. The number of piperidine rings is 1. The minimum atomic E-state index is 0.356. The Morgan fingerprint density at radius 1 is 1.41 bits per heavy atom. The molecule has 3 heteroatoms. The van der Waals surface area contributed by atoms with Crippen molar-refractivity contribution in [2.45, 2.75) is 45.2 Å². The second-order valence-corrected chi connectivity index (χ2v) is 5.24. The van der Waals surface area contributed by atoms with Gasteiger partial charge < -0.3 is 5.11 Å². The zero-order valence-electron chi connectivity index (χ0n) is 10.3. The lowest BCUT2D eigenvalue weighted by molar-refractivity contribution is 0.135. The smallest absolute Gasteiger partial charge is 0.120 e. The summed E-state index contributed by atoms with van der Waals surface area (Å²) in [6.07, 6.45) is 5.05. The van der Waals surface area contributed by atoms with Gasteiger partial charge in [0.1, 0.15) is 5.75 Å². The fraction of sp³-hybridized carbons (Fsp3) is 0.571. The highest BCUT2D eigenvalue weighted by molar-refractivity contribution is 6.30. The molecule has 1 aromatic rings. The van der Waals surface area contributed by atoms with Crippen molar-refractivity contribution in [1.82, 2.24) is 4.90 Å². The normalized spacial score (nSPS) is 21.6. The molecule has 1 aromatic carbocycles. The number of phenolic OH excluding ortho intramolecular Hbond substituents is 1. The largest absolute Gasteiger partial charge is 0.508 e. The van der Waals surface area contributed by atoms with Crippen molar-refractivity contribution in [2.75, 3.05) is 6.54 Å².